The molecule has 94 valence electrons. The summed E-state index contributed by atoms with van der Waals surface area (Å²) in [5.41, 5.74) is 0. The van der Waals surface area contributed by atoms with E-state index in [-0.39, 0.29) is 11.9 Å². The highest BCUT2D eigenvalue weighted by atomic mass is 16.5. The van der Waals surface area contributed by atoms with Gasteiger partial charge in [-0.05, 0) is 68.6 Å². The van der Waals surface area contributed by atoms with Crippen molar-refractivity contribution < 1.29 is 9.53 Å². The molecule has 0 unspecified atom stereocenters. The third-order valence-corrected chi connectivity index (χ3v) is 5.83. The van der Waals surface area contributed by atoms with Crippen molar-refractivity contribution in [2.24, 2.45) is 29.6 Å². The smallest absolute Gasteiger partial charge is 0.309 e. The molecule has 0 spiro atoms. The highest BCUT2D eigenvalue weighted by Crippen LogP contribution is 2.54. The number of rotatable bonds is 2. The van der Waals surface area contributed by atoms with Gasteiger partial charge < -0.3 is 4.74 Å². The molecule has 0 aromatic carbocycles. The standard InChI is InChI=1S/C15H22O2/c16-15(11-2-1-3-11)17-14-12-5-9-4-10(7-12)8-13(14)6-9/h9-14H,1-8H2. The lowest BCUT2D eigenvalue weighted by Crippen LogP contribution is -2.50. The van der Waals surface area contributed by atoms with Crippen LogP contribution in [0.2, 0.25) is 0 Å². The van der Waals surface area contributed by atoms with Crippen LogP contribution >= 0.6 is 0 Å². The van der Waals surface area contributed by atoms with E-state index in [9.17, 15) is 4.79 Å². The summed E-state index contributed by atoms with van der Waals surface area (Å²) in [6.45, 7) is 0. The summed E-state index contributed by atoms with van der Waals surface area (Å²) in [6.07, 6.45) is 10.5. The molecule has 5 rings (SSSR count). The number of ether oxygens (including phenoxy) is 1. The van der Waals surface area contributed by atoms with Gasteiger partial charge in [-0.25, -0.2) is 0 Å². The number of esters is 1. The minimum atomic E-state index is 0.133. The van der Waals surface area contributed by atoms with Crippen LogP contribution in [-0.2, 0) is 9.53 Å². The molecule has 5 fully saturated rings. The molecule has 0 aromatic rings. The van der Waals surface area contributed by atoms with Crippen LogP contribution < -0.4 is 0 Å². The fourth-order valence-corrected chi connectivity index (χ4v) is 4.94. The van der Waals surface area contributed by atoms with Crippen LogP contribution in [0.4, 0.5) is 0 Å². The van der Waals surface area contributed by atoms with E-state index in [1.807, 2.05) is 0 Å². The number of hydrogen-bond donors (Lipinski definition) is 0. The average molecular weight is 234 g/mol. The average Bonchev–Trinajstić information content (AvgIpc) is 2.19. The van der Waals surface area contributed by atoms with Crippen molar-refractivity contribution >= 4 is 5.97 Å². The predicted molar refractivity (Wildman–Crippen MR) is 64.3 cm³/mol. The summed E-state index contributed by atoms with van der Waals surface area (Å²) in [6, 6.07) is 0. The molecule has 0 N–H and O–H groups in total. The van der Waals surface area contributed by atoms with Crippen molar-refractivity contribution in [3.8, 4) is 0 Å². The monoisotopic (exact) mass is 234 g/mol. The zero-order valence-corrected chi connectivity index (χ0v) is 10.4. The Bertz CT molecular complexity index is 304. The third kappa shape index (κ3) is 1.63. The second kappa shape index (κ2) is 3.73. The van der Waals surface area contributed by atoms with Gasteiger partial charge in [-0.3, -0.25) is 4.79 Å². The van der Waals surface area contributed by atoms with Crippen LogP contribution in [0.25, 0.3) is 0 Å². The molecule has 0 amide bonds. The molecule has 0 saturated heterocycles. The fraction of sp³-hybridized carbons (Fsp3) is 0.933. The van der Waals surface area contributed by atoms with Gasteiger partial charge in [0, 0.05) is 0 Å². The quantitative estimate of drug-likeness (QED) is 0.686. The van der Waals surface area contributed by atoms with Crippen LogP contribution in [0.5, 0.6) is 0 Å². The van der Waals surface area contributed by atoms with Gasteiger partial charge >= 0.3 is 5.97 Å². The van der Waals surface area contributed by atoms with E-state index in [4.69, 9.17) is 4.74 Å². The summed E-state index contributed by atoms with van der Waals surface area (Å²) in [7, 11) is 0. The summed E-state index contributed by atoms with van der Waals surface area (Å²) in [5.74, 6) is 3.76. The molecule has 5 aliphatic carbocycles. The highest BCUT2D eigenvalue weighted by molar-refractivity contribution is 5.73. The number of carbonyl (C=O) groups excluding carboxylic acids is 1. The summed E-state index contributed by atoms with van der Waals surface area (Å²) >= 11 is 0. The van der Waals surface area contributed by atoms with Crippen molar-refractivity contribution in [1.29, 1.82) is 0 Å². The van der Waals surface area contributed by atoms with E-state index in [1.165, 1.54) is 38.5 Å². The molecule has 0 aliphatic heterocycles. The molecule has 0 radical (unpaired) electrons. The maximum Gasteiger partial charge on any atom is 0.309 e. The SMILES string of the molecule is O=C(OC1C2CC3CC(C2)CC1C3)C1CCC1. The Morgan fingerprint density at radius 2 is 1.47 bits per heavy atom. The molecule has 0 aromatic heterocycles. The van der Waals surface area contributed by atoms with Gasteiger partial charge in [0.25, 0.3) is 0 Å². The topological polar surface area (TPSA) is 26.3 Å². The Kier molecular flexibility index (Phi) is 2.28. The fourth-order valence-electron chi connectivity index (χ4n) is 4.94. The molecule has 0 atom stereocenters. The van der Waals surface area contributed by atoms with Gasteiger partial charge in [-0.15, -0.1) is 0 Å². The van der Waals surface area contributed by atoms with Crippen LogP contribution in [0.1, 0.15) is 51.4 Å². The van der Waals surface area contributed by atoms with Crippen LogP contribution in [-0.4, -0.2) is 12.1 Å². The first-order valence-corrected chi connectivity index (χ1v) is 7.50. The van der Waals surface area contributed by atoms with Crippen molar-refractivity contribution in [2.45, 2.75) is 57.5 Å². The zero-order valence-electron chi connectivity index (χ0n) is 10.4. The maximum absolute atomic E-state index is 12.0. The molecular formula is C15H22O2. The Morgan fingerprint density at radius 1 is 0.882 bits per heavy atom. The Balaban J connectivity index is 1.45. The first kappa shape index (κ1) is 10.4. The minimum absolute atomic E-state index is 0.133. The number of hydrogen-bond acceptors (Lipinski definition) is 2. The van der Waals surface area contributed by atoms with Crippen LogP contribution in [0.15, 0.2) is 0 Å². The van der Waals surface area contributed by atoms with Crippen molar-refractivity contribution in [2.75, 3.05) is 0 Å². The van der Waals surface area contributed by atoms with Crippen LogP contribution in [0, 0.1) is 29.6 Å². The van der Waals surface area contributed by atoms with E-state index in [2.05, 4.69) is 0 Å². The lowest BCUT2D eigenvalue weighted by atomic mass is 9.55. The molecule has 4 bridgehead atoms. The van der Waals surface area contributed by atoms with E-state index >= 15 is 0 Å². The predicted octanol–water partition coefficient (Wildman–Crippen LogP) is 3.15. The molecule has 2 nitrogen and oxygen atoms in total. The first-order valence-electron chi connectivity index (χ1n) is 7.50. The molecule has 0 heterocycles. The molecule has 5 saturated carbocycles. The summed E-state index contributed by atoms with van der Waals surface area (Å²) in [5, 5.41) is 0. The lowest BCUT2D eigenvalue weighted by molar-refractivity contribution is -0.177. The van der Waals surface area contributed by atoms with Gasteiger partial charge in [0.05, 0.1) is 5.92 Å². The normalized spacial score (nSPS) is 47.9. The van der Waals surface area contributed by atoms with Crippen molar-refractivity contribution in [1.82, 2.24) is 0 Å². The molecular weight excluding hydrogens is 212 g/mol. The van der Waals surface area contributed by atoms with E-state index in [1.54, 1.807) is 0 Å². The zero-order chi connectivity index (χ0) is 11.4. The summed E-state index contributed by atoms with van der Waals surface area (Å²) in [4.78, 5) is 12.0. The first-order chi connectivity index (χ1) is 8.29. The van der Waals surface area contributed by atoms with E-state index in [0.29, 0.717) is 6.10 Å². The summed E-state index contributed by atoms with van der Waals surface area (Å²) < 4.78 is 5.89. The number of carbonyl (C=O) groups is 1. The largest absolute Gasteiger partial charge is 0.462 e. The van der Waals surface area contributed by atoms with Gasteiger partial charge in [-0.2, -0.15) is 0 Å². The van der Waals surface area contributed by atoms with E-state index < -0.39 is 0 Å². The molecule has 2 heteroatoms. The molecule has 17 heavy (non-hydrogen) atoms. The highest BCUT2D eigenvalue weighted by Gasteiger charge is 2.50. The van der Waals surface area contributed by atoms with Crippen LogP contribution in [0.3, 0.4) is 0 Å². The van der Waals surface area contributed by atoms with Gasteiger partial charge in [-0.1, -0.05) is 6.42 Å². The van der Waals surface area contributed by atoms with Gasteiger partial charge in [0.15, 0.2) is 0 Å². The lowest BCUT2D eigenvalue weighted by Gasteiger charge is -2.53. The maximum atomic E-state index is 12.0. The van der Waals surface area contributed by atoms with Crippen molar-refractivity contribution in [3.63, 3.8) is 0 Å². The Labute approximate surface area is 103 Å². The third-order valence-electron chi connectivity index (χ3n) is 5.83. The van der Waals surface area contributed by atoms with Gasteiger partial charge in [0.1, 0.15) is 6.10 Å². The Hall–Kier alpha value is -0.530. The molecule has 5 aliphatic rings. The van der Waals surface area contributed by atoms with Gasteiger partial charge in [0.2, 0.25) is 0 Å². The second-order valence-corrected chi connectivity index (χ2v) is 6.96. The Morgan fingerprint density at radius 3 is 1.94 bits per heavy atom. The second-order valence-electron chi connectivity index (χ2n) is 6.96. The van der Waals surface area contributed by atoms with E-state index in [0.717, 1.165) is 36.5 Å². The minimum Gasteiger partial charge on any atom is -0.462 e. The van der Waals surface area contributed by atoms with Crippen molar-refractivity contribution in [3.05, 3.63) is 0 Å².